The van der Waals surface area contributed by atoms with Crippen LogP contribution in [-0.4, -0.2) is 6.54 Å². The lowest BCUT2D eigenvalue weighted by Crippen LogP contribution is -2.28. The van der Waals surface area contributed by atoms with Gasteiger partial charge in [0.2, 0.25) is 0 Å². The van der Waals surface area contributed by atoms with Crippen molar-refractivity contribution in [1.29, 1.82) is 0 Å². The Morgan fingerprint density at radius 3 is 2.58 bits per heavy atom. The summed E-state index contributed by atoms with van der Waals surface area (Å²) in [5.74, 6) is 1.65. The first-order valence-electron chi connectivity index (χ1n) is 7.52. The third kappa shape index (κ3) is 2.52. The zero-order valence-corrected chi connectivity index (χ0v) is 11.9. The minimum Gasteiger partial charge on any atom is -0.310 e. The molecule has 1 aliphatic rings. The summed E-state index contributed by atoms with van der Waals surface area (Å²) in [5, 5.41) is 6.47. The number of benzene rings is 2. The van der Waals surface area contributed by atoms with Crippen molar-refractivity contribution in [3.05, 3.63) is 48.0 Å². The van der Waals surface area contributed by atoms with E-state index in [1.54, 1.807) is 0 Å². The van der Waals surface area contributed by atoms with Crippen molar-refractivity contribution in [2.45, 2.75) is 32.7 Å². The van der Waals surface area contributed by atoms with Crippen LogP contribution in [0, 0.1) is 11.8 Å². The second-order valence-electron chi connectivity index (χ2n) is 5.80. The molecule has 1 heteroatoms. The minimum atomic E-state index is 0.489. The maximum Gasteiger partial charge on any atom is 0.0354 e. The molecule has 0 radical (unpaired) electrons. The van der Waals surface area contributed by atoms with E-state index in [-0.39, 0.29) is 0 Å². The van der Waals surface area contributed by atoms with Crippen molar-refractivity contribution in [3.8, 4) is 0 Å². The number of fused-ring (bicyclic) bond motifs is 1. The topological polar surface area (TPSA) is 12.0 Å². The highest BCUT2D eigenvalue weighted by Crippen LogP contribution is 2.43. The Hall–Kier alpha value is -1.34. The van der Waals surface area contributed by atoms with Crippen molar-refractivity contribution in [2.75, 3.05) is 6.54 Å². The van der Waals surface area contributed by atoms with E-state index in [4.69, 9.17) is 0 Å². The molecular formula is C18H23N. The van der Waals surface area contributed by atoms with Crippen LogP contribution in [0.15, 0.2) is 42.5 Å². The molecule has 0 aliphatic heterocycles. The maximum atomic E-state index is 3.71. The molecule has 1 aliphatic carbocycles. The van der Waals surface area contributed by atoms with Crippen LogP contribution in [0.5, 0.6) is 0 Å². The molecule has 19 heavy (non-hydrogen) atoms. The number of rotatable bonds is 5. The normalized spacial score (nSPS) is 18.4. The van der Waals surface area contributed by atoms with Crippen molar-refractivity contribution in [3.63, 3.8) is 0 Å². The van der Waals surface area contributed by atoms with Gasteiger partial charge in [0.05, 0.1) is 0 Å². The van der Waals surface area contributed by atoms with Crippen LogP contribution in [0.25, 0.3) is 10.8 Å². The fourth-order valence-electron chi connectivity index (χ4n) is 3.21. The average Bonchev–Trinajstić information content (AvgIpc) is 3.28. The molecular weight excluding hydrogens is 230 g/mol. The van der Waals surface area contributed by atoms with Crippen molar-refractivity contribution >= 4 is 10.8 Å². The van der Waals surface area contributed by atoms with Gasteiger partial charge in [-0.05, 0) is 47.6 Å². The predicted octanol–water partition coefficient (Wildman–Crippen LogP) is 4.54. The van der Waals surface area contributed by atoms with Crippen LogP contribution >= 0.6 is 0 Å². The molecule has 1 fully saturated rings. The Morgan fingerprint density at radius 1 is 1.11 bits per heavy atom. The number of hydrogen-bond acceptors (Lipinski definition) is 1. The van der Waals surface area contributed by atoms with Crippen molar-refractivity contribution < 1.29 is 0 Å². The van der Waals surface area contributed by atoms with Crippen LogP contribution in [0.3, 0.4) is 0 Å². The van der Waals surface area contributed by atoms with Gasteiger partial charge in [-0.2, -0.15) is 0 Å². The first-order valence-corrected chi connectivity index (χ1v) is 7.52. The summed E-state index contributed by atoms with van der Waals surface area (Å²) >= 11 is 0. The first-order chi connectivity index (χ1) is 9.31. The molecule has 0 aromatic heterocycles. The lowest BCUT2D eigenvalue weighted by molar-refractivity contribution is 0.357. The second kappa shape index (κ2) is 5.34. The van der Waals surface area contributed by atoms with Crippen LogP contribution in [0.1, 0.15) is 38.3 Å². The van der Waals surface area contributed by atoms with E-state index < -0.39 is 0 Å². The molecule has 3 rings (SSSR count). The Kier molecular flexibility index (Phi) is 3.56. The van der Waals surface area contributed by atoms with Gasteiger partial charge in [0.15, 0.2) is 0 Å². The standard InChI is InChI=1S/C18H23N/c1-3-19-18(13(2)14-11-12-14)17-10-6-8-15-7-4-5-9-16(15)17/h4-10,13-14,18-19H,3,11-12H2,1-2H3. The van der Waals surface area contributed by atoms with E-state index in [1.807, 2.05) is 0 Å². The van der Waals surface area contributed by atoms with Gasteiger partial charge in [0.25, 0.3) is 0 Å². The zero-order chi connectivity index (χ0) is 13.2. The quantitative estimate of drug-likeness (QED) is 0.825. The van der Waals surface area contributed by atoms with Crippen LogP contribution in [-0.2, 0) is 0 Å². The molecule has 0 amide bonds. The lowest BCUT2D eigenvalue weighted by Gasteiger charge is -2.26. The van der Waals surface area contributed by atoms with Gasteiger partial charge in [0.1, 0.15) is 0 Å². The summed E-state index contributed by atoms with van der Waals surface area (Å²) in [6, 6.07) is 15.9. The van der Waals surface area contributed by atoms with E-state index in [2.05, 4.69) is 61.6 Å². The van der Waals surface area contributed by atoms with E-state index in [1.165, 1.54) is 29.2 Å². The van der Waals surface area contributed by atoms with Gasteiger partial charge >= 0.3 is 0 Å². The van der Waals surface area contributed by atoms with Gasteiger partial charge in [0, 0.05) is 6.04 Å². The summed E-state index contributed by atoms with van der Waals surface area (Å²) in [5.41, 5.74) is 1.47. The van der Waals surface area contributed by atoms with Crippen molar-refractivity contribution in [2.24, 2.45) is 11.8 Å². The summed E-state index contributed by atoms with van der Waals surface area (Å²) < 4.78 is 0. The molecule has 0 saturated heterocycles. The Labute approximate surface area is 116 Å². The third-order valence-electron chi connectivity index (χ3n) is 4.47. The molecule has 1 N–H and O–H groups in total. The van der Waals surface area contributed by atoms with Gasteiger partial charge < -0.3 is 5.32 Å². The highest BCUT2D eigenvalue weighted by Gasteiger charge is 2.34. The third-order valence-corrected chi connectivity index (χ3v) is 4.47. The highest BCUT2D eigenvalue weighted by atomic mass is 14.9. The van der Waals surface area contributed by atoms with Gasteiger partial charge in [-0.3, -0.25) is 0 Å². The molecule has 0 heterocycles. The second-order valence-corrected chi connectivity index (χ2v) is 5.80. The molecule has 0 spiro atoms. The molecule has 1 nitrogen and oxygen atoms in total. The van der Waals surface area contributed by atoms with E-state index in [0.29, 0.717) is 6.04 Å². The highest BCUT2D eigenvalue weighted by molar-refractivity contribution is 5.86. The van der Waals surface area contributed by atoms with Crippen LogP contribution < -0.4 is 5.32 Å². The molecule has 2 atom stereocenters. The number of hydrogen-bond donors (Lipinski definition) is 1. The van der Waals surface area contributed by atoms with Gasteiger partial charge in [-0.25, -0.2) is 0 Å². The van der Waals surface area contributed by atoms with Gasteiger partial charge in [-0.1, -0.05) is 56.3 Å². The largest absolute Gasteiger partial charge is 0.310 e. The minimum absolute atomic E-state index is 0.489. The fraction of sp³-hybridized carbons (Fsp3) is 0.444. The molecule has 100 valence electrons. The maximum absolute atomic E-state index is 3.71. The fourth-order valence-corrected chi connectivity index (χ4v) is 3.21. The summed E-state index contributed by atoms with van der Waals surface area (Å²) in [6.07, 6.45) is 2.82. The Bertz CT molecular complexity index is 551. The summed E-state index contributed by atoms with van der Waals surface area (Å²) in [7, 11) is 0. The van der Waals surface area contributed by atoms with Crippen LogP contribution in [0.4, 0.5) is 0 Å². The Morgan fingerprint density at radius 2 is 1.84 bits per heavy atom. The lowest BCUT2D eigenvalue weighted by atomic mass is 9.88. The number of nitrogens with one attached hydrogen (secondary N) is 1. The van der Waals surface area contributed by atoms with E-state index >= 15 is 0 Å². The summed E-state index contributed by atoms with van der Waals surface area (Å²) in [4.78, 5) is 0. The molecule has 2 unspecified atom stereocenters. The molecule has 2 aromatic rings. The molecule has 2 aromatic carbocycles. The monoisotopic (exact) mass is 253 g/mol. The van der Waals surface area contributed by atoms with Gasteiger partial charge in [-0.15, -0.1) is 0 Å². The van der Waals surface area contributed by atoms with Crippen molar-refractivity contribution in [1.82, 2.24) is 5.32 Å². The van der Waals surface area contributed by atoms with E-state index in [9.17, 15) is 0 Å². The SMILES string of the molecule is CCNC(c1cccc2ccccc12)C(C)C1CC1. The summed E-state index contributed by atoms with van der Waals surface area (Å²) in [6.45, 7) is 5.65. The predicted molar refractivity (Wildman–Crippen MR) is 82.3 cm³/mol. The van der Waals surface area contributed by atoms with Crippen LogP contribution in [0.2, 0.25) is 0 Å². The zero-order valence-electron chi connectivity index (χ0n) is 11.9. The smallest absolute Gasteiger partial charge is 0.0354 e. The van der Waals surface area contributed by atoms with E-state index in [0.717, 1.165) is 18.4 Å². The molecule has 0 bridgehead atoms. The average molecular weight is 253 g/mol. The first kappa shape index (κ1) is 12.7. The molecule has 1 saturated carbocycles. The Balaban J connectivity index is 2.03.